The van der Waals surface area contributed by atoms with Crippen LogP contribution in [0.15, 0.2) is 66.7 Å². The standard InChI is InChI=1S/C28H24BNO8S/c1-35-21-12-16(13-22(15-21)36-2)14-23(25(31)37-3)17-4-8-19(9-5-17)38-20-10-6-18(7-11-20)24(29)28(34)26(32)30-27(33)39-28/h4-15,24,34H,1-3H3,(H,30,32,33)/b23-14+. The molecule has 198 valence electrons. The number of carbonyl (C=O) groups excluding carboxylic acids is 3. The summed E-state index contributed by atoms with van der Waals surface area (Å²) in [6.45, 7) is 0. The smallest absolute Gasteiger partial charge is 0.338 e. The van der Waals surface area contributed by atoms with Crippen molar-refractivity contribution in [1.29, 1.82) is 0 Å². The lowest BCUT2D eigenvalue weighted by atomic mass is 9.76. The molecule has 1 fully saturated rings. The summed E-state index contributed by atoms with van der Waals surface area (Å²) in [5, 5.41) is 11.9. The number of thioether (sulfide) groups is 1. The molecule has 1 saturated heterocycles. The van der Waals surface area contributed by atoms with E-state index in [-0.39, 0.29) is 0 Å². The van der Waals surface area contributed by atoms with Gasteiger partial charge in [-0.1, -0.05) is 24.3 Å². The summed E-state index contributed by atoms with van der Waals surface area (Å²) in [4.78, 5) is 34.0. The van der Waals surface area contributed by atoms with Crippen molar-refractivity contribution in [1.82, 2.24) is 5.32 Å². The van der Waals surface area contributed by atoms with Crippen molar-refractivity contribution in [3.05, 3.63) is 83.4 Å². The van der Waals surface area contributed by atoms with E-state index in [2.05, 4.69) is 0 Å². The molecule has 2 unspecified atom stereocenters. The number of ether oxygens (including phenoxy) is 4. The number of carbonyl (C=O) groups is 3. The number of rotatable bonds is 9. The maximum atomic E-state index is 12.6. The van der Waals surface area contributed by atoms with Gasteiger partial charge in [0.05, 0.1) is 34.7 Å². The Morgan fingerprint density at radius 3 is 1.97 bits per heavy atom. The Labute approximate surface area is 230 Å². The van der Waals surface area contributed by atoms with Crippen LogP contribution in [0.5, 0.6) is 23.0 Å². The molecule has 0 aliphatic carbocycles. The predicted octanol–water partition coefficient (Wildman–Crippen LogP) is 4.09. The van der Waals surface area contributed by atoms with Gasteiger partial charge in [-0.05, 0) is 76.7 Å². The molecule has 0 saturated carbocycles. The first kappa shape index (κ1) is 27.8. The number of nitrogens with one attached hydrogen (secondary N) is 1. The van der Waals surface area contributed by atoms with Crippen LogP contribution in [0.2, 0.25) is 0 Å². The van der Waals surface area contributed by atoms with Gasteiger partial charge < -0.3 is 24.1 Å². The molecule has 0 bridgehead atoms. The summed E-state index contributed by atoms with van der Waals surface area (Å²) in [5.41, 5.74) is 2.06. The lowest BCUT2D eigenvalue weighted by Crippen LogP contribution is -2.42. The van der Waals surface area contributed by atoms with E-state index < -0.39 is 27.9 Å². The first-order valence-electron chi connectivity index (χ1n) is 11.6. The molecule has 2 N–H and O–H groups in total. The number of amides is 2. The molecule has 3 aromatic carbocycles. The van der Waals surface area contributed by atoms with Crippen molar-refractivity contribution in [2.24, 2.45) is 0 Å². The highest BCUT2D eigenvalue weighted by Gasteiger charge is 2.50. The first-order valence-corrected chi connectivity index (χ1v) is 12.4. The van der Waals surface area contributed by atoms with E-state index in [0.717, 1.165) is 0 Å². The summed E-state index contributed by atoms with van der Waals surface area (Å²) in [7, 11) is 10.5. The molecule has 2 amide bonds. The van der Waals surface area contributed by atoms with Crippen LogP contribution in [0.4, 0.5) is 4.79 Å². The predicted molar refractivity (Wildman–Crippen MR) is 147 cm³/mol. The van der Waals surface area contributed by atoms with Crippen LogP contribution in [-0.2, 0) is 14.3 Å². The van der Waals surface area contributed by atoms with E-state index in [1.807, 2.05) is 5.32 Å². The van der Waals surface area contributed by atoms with Crippen molar-refractivity contribution in [2.45, 2.75) is 10.8 Å². The minimum atomic E-state index is -2.09. The molecule has 9 nitrogen and oxygen atoms in total. The number of aliphatic hydroxyl groups is 1. The molecule has 3 aromatic rings. The number of esters is 1. The average molecular weight is 545 g/mol. The molecule has 0 aromatic heterocycles. The van der Waals surface area contributed by atoms with Gasteiger partial charge in [-0.3, -0.25) is 14.9 Å². The molecule has 1 aliphatic rings. The van der Waals surface area contributed by atoms with Gasteiger partial charge in [-0.25, -0.2) is 4.79 Å². The Bertz CT molecular complexity index is 1400. The van der Waals surface area contributed by atoms with E-state index in [1.165, 1.54) is 7.11 Å². The van der Waals surface area contributed by atoms with E-state index in [9.17, 15) is 19.5 Å². The molecule has 0 spiro atoms. The summed E-state index contributed by atoms with van der Waals surface area (Å²) >= 11 is 0.447. The Kier molecular flexibility index (Phi) is 8.32. The molecule has 1 aliphatic heterocycles. The fourth-order valence-electron chi connectivity index (χ4n) is 3.86. The highest BCUT2D eigenvalue weighted by Crippen LogP contribution is 2.40. The van der Waals surface area contributed by atoms with Gasteiger partial charge in [0.25, 0.3) is 11.1 Å². The van der Waals surface area contributed by atoms with E-state index in [4.69, 9.17) is 26.8 Å². The third-order valence-corrected chi connectivity index (χ3v) is 6.98. The maximum absolute atomic E-state index is 12.6. The number of imide groups is 1. The van der Waals surface area contributed by atoms with Gasteiger partial charge in [-0.2, -0.15) is 0 Å². The SMILES string of the molecule is [B]C(c1ccc(Oc2ccc(/C(=C\c3cc(OC)cc(OC)c3)C(=O)OC)cc2)cc1)C1(O)SC(=O)NC1=O. The van der Waals surface area contributed by atoms with Crippen LogP contribution in [0.3, 0.4) is 0 Å². The zero-order chi connectivity index (χ0) is 28.2. The van der Waals surface area contributed by atoms with Crippen LogP contribution in [0.1, 0.15) is 22.5 Å². The van der Waals surface area contributed by atoms with Crippen LogP contribution in [0.25, 0.3) is 11.6 Å². The molecule has 11 heteroatoms. The quantitative estimate of drug-likeness (QED) is 0.177. The average Bonchev–Trinajstić information content (AvgIpc) is 3.22. The topological polar surface area (TPSA) is 120 Å². The Balaban J connectivity index is 1.52. The second kappa shape index (κ2) is 11.7. The third-order valence-electron chi connectivity index (χ3n) is 5.94. The molecule has 2 radical (unpaired) electrons. The Morgan fingerprint density at radius 1 is 0.923 bits per heavy atom. The Morgan fingerprint density at radius 2 is 1.49 bits per heavy atom. The van der Waals surface area contributed by atoms with Crippen LogP contribution in [-0.4, -0.2) is 56.3 Å². The summed E-state index contributed by atoms with van der Waals surface area (Å²) in [5.74, 6) is -0.376. The first-order chi connectivity index (χ1) is 18.7. The van der Waals surface area contributed by atoms with Crippen LogP contribution < -0.4 is 19.5 Å². The van der Waals surface area contributed by atoms with E-state index in [0.29, 0.717) is 57.0 Å². The van der Waals surface area contributed by atoms with Crippen molar-refractivity contribution in [3.63, 3.8) is 0 Å². The van der Waals surface area contributed by atoms with Gasteiger partial charge >= 0.3 is 5.97 Å². The normalized spacial score (nSPS) is 17.8. The van der Waals surface area contributed by atoms with Crippen molar-refractivity contribution < 1.29 is 38.4 Å². The molecular formula is C28H24BNO8S. The largest absolute Gasteiger partial charge is 0.497 e. The van der Waals surface area contributed by atoms with E-state index >= 15 is 0 Å². The zero-order valence-electron chi connectivity index (χ0n) is 21.3. The van der Waals surface area contributed by atoms with Crippen LogP contribution >= 0.6 is 11.8 Å². The second-order valence-electron chi connectivity index (χ2n) is 8.41. The zero-order valence-corrected chi connectivity index (χ0v) is 22.1. The summed E-state index contributed by atoms with van der Waals surface area (Å²) < 4.78 is 21.5. The maximum Gasteiger partial charge on any atom is 0.338 e. The van der Waals surface area contributed by atoms with Gasteiger partial charge in [0, 0.05) is 6.07 Å². The minimum absolute atomic E-state index is 0.322. The monoisotopic (exact) mass is 545 g/mol. The van der Waals surface area contributed by atoms with Gasteiger partial charge in [-0.15, -0.1) is 0 Å². The van der Waals surface area contributed by atoms with Crippen molar-refractivity contribution in [3.8, 4) is 23.0 Å². The molecule has 1 heterocycles. The number of hydrogen-bond donors (Lipinski definition) is 2. The second-order valence-corrected chi connectivity index (χ2v) is 9.61. The van der Waals surface area contributed by atoms with Gasteiger partial charge in [0.1, 0.15) is 23.0 Å². The fourth-order valence-corrected chi connectivity index (χ4v) is 4.69. The minimum Gasteiger partial charge on any atom is -0.497 e. The lowest BCUT2D eigenvalue weighted by Gasteiger charge is -2.26. The lowest BCUT2D eigenvalue weighted by molar-refractivity contribution is -0.133. The van der Waals surface area contributed by atoms with Crippen LogP contribution in [0, 0.1) is 0 Å². The molecular weight excluding hydrogens is 521 g/mol. The van der Waals surface area contributed by atoms with Gasteiger partial charge in [0.15, 0.2) is 4.93 Å². The highest BCUT2D eigenvalue weighted by atomic mass is 32.2. The molecule has 2 atom stereocenters. The third kappa shape index (κ3) is 6.10. The van der Waals surface area contributed by atoms with Crippen molar-refractivity contribution >= 4 is 48.4 Å². The molecule has 39 heavy (non-hydrogen) atoms. The number of benzene rings is 3. The summed E-state index contributed by atoms with van der Waals surface area (Å²) in [6.07, 6.45) is 1.68. The van der Waals surface area contributed by atoms with Gasteiger partial charge in [0.2, 0.25) is 0 Å². The highest BCUT2D eigenvalue weighted by molar-refractivity contribution is 8.16. The molecule has 4 rings (SSSR count). The van der Waals surface area contributed by atoms with Crippen molar-refractivity contribution in [2.75, 3.05) is 21.3 Å². The Hall–Kier alpha value is -4.22. The number of methoxy groups -OCH3 is 3. The summed E-state index contributed by atoms with van der Waals surface area (Å²) in [6, 6.07) is 18.6. The fraction of sp³-hybridized carbons (Fsp3) is 0.179. The van der Waals surface area contributed by atoms with E-state index in [1.54, 1.807) is 87.0 Å². The number of hydrogen-bond acceptors (Lipinski definition) is 9.